The van der Waals surface area contributed by atoms with Gasteiger partial charge >= 0.3 is 0 Å². The van der Waals surface area contributed by atoms with Gasteiger partial charge in [0.2, 0.25) is 0 Å². The number of para-hydroxylation sites is 1. The molecule has 3 aromatic rings. The number of hydrogen-bond donors (Lipinski definition) is 1. The fourth-order valence-corrected chi connectivity index (χ4v) is 3.21. The number of furan rings is 1. The highest BCUT2D eigenvalue weighted by atomic mass is 16.5. The third-order valence-corrected chi connectivity index (χ3v) is 4.74. The molecule has 1 aliphatic rings. The molecule has 0 atom stereocenters. The minimum absolute atomic E-state index is 0.124. The second-order valence-corrected chi connectivity index (χ2v) is 6.77. The molecule has 2 aromatic carbocycles. The van der Waals surface area contributed by atoms with Crippen molar-refractivity contribution in [3.05, 3.63) is 77.7 Å². The number of hydrogen-bond acceptors (Lipinski definition) is 6. The van der Waals surface area contributed by atoms with Crippen LogP contribution in [-0.4, -0.2) is 32.2 Å². The van der Waals surface area contributed by atoms with Crippen molar-refractivity contribution >= 4 is 17.3 Å². The highest BCUT2D eigenvalue weighted by Gasteiger charge is 2.15. The van der Waals surface area contributed by atoms with Gasteiger partial charge in [-0.1, -0.05) is 18.2 Å². The van der Waals surface area contributed by atoms with Gasteiger partial charge in [0.1, 0.15) is 24.2 Å². The lowest BCUT2D eigenvalue weighted by molar-refractivity contribution is 0.0992. The molecule has 152 valence electrons. The predicted molar refractivity (Wildman–Crippen MR) is 112 cm³/mol. The van der Waals surface area contributed by atoms with Crippen molar-refractivity contribution in [1.29, 1.82) is 5.26 Å². The summed E-state index contributed by atoms with van der Waals surface area (Å²) in [6.07, 6.45) is 0. The van der Waals surface area contributed by atoms with Gasteiger partial charge in [-0.2, -0.15) is 5.26 Å². The third-order valence-electron chi connectivity index (χ3n) is 4.74. The van der Waals surface area contributed by atoms with Crippen LogP contribution in [0.3, 0.4) is 0 Å². The Bertz CT molecular complexity index is 1060. The zero-order valence-electron chi connectivity index (χ0n) is 16.3. The molecule has 1 amide bonds. The van der Waals surface area contributed by atoms with Crippen molar-refractivity contribution in [3.63, 3.8) is 0 Å². The first-order valence-electron chi connectivity index (χ1n) is 9.68. The van der Waals surface area contributed by atoms with Crippen molar-refractivity contribution in [1.82, 2.24) is 0 Å². The van der Waals surface area contributed by atoms with Crippen molar-refractivity contribution in [3.8, 4) is 11.8 Å². The summed E-state index contributed by atoms with van der Waals surface area (Å²) in [6.45, 7) is 3.18. The highest BCUT2D eigenvalue weighted by molar-refractivity contribution is 6.02. The number of anilines is 2. The van der Waals surface area contributed by atoms with E-state index in [0.717, 1.165) is 18.8 Å². The number of carbonyl (C=O) groups excluding carboxylic acids is 1. The molecule has 0 radical (unpaired) electrons. The van der Waals surface area contributed by atoms with E-state index >= 15 is 0 Å². The van der Waals surface area contributed by atoms with Crippen LogP contribution in [0, 0.1) is 11.3 Å². The van der Waals surface area contributed by atoms with Crippen LogP contribution in [0.4, 0.5) is 11.4 Å². The SMILES string of the molecule is N#Cc1ccccc1OCc1ccc(C(=O)Nc2cccc(N3CCOCC3)c2)o1. The first kappa shape index (κ1) is 19.6. The minimum atomic E-state index is -0.335. The molecular weight excluding hydrogens is 382 g/mol. The summed E-state index contributed by atoms with van der Waals surface area (Å²) in [5.74, 6) is 0.828. The molecule has 1 aromatic heterocycles. The van der Waals surface area contributed by atoms with Crippen LogP contribution in [0.15, 0.2) is 65.1 Å². The molecule has 0 saturated carbocycles. The number of carbonyl (C=O) groups is 1. The summed E-state index contributed by atoms with van der Waals surface area (Å²) in [4.78, 5) is 14.8. The Morgan fingerprint density at radius 1 is 1.10 bits per heavy atom. The fraction of sp³-hybridized carbons (Fsp3) is 0.217. The van der Waals surface area contributed by atoms with Gasteiger partial charge in [-0.3, -0.25) is 4.79 Å². The van der Waals surface area contributed by atoms with E-state index in [2.05, 4.69) is 16.3 Å². The van der Waals surface area contributed by atoms with Crippen molar-refractivity contribution in [2.75, 3.05) is 36.5 Å². The van der Waals surface area contributed by atoms with Gasteiger partial charge in [-0.05, 0) is 42.5 Å². The molecule has 1 saturated heterocycles. The van der Waals surface area contributed by atoms with Crippen molar-refractivity contribution in [2.24, 2.45) is 0 Å². The average Bonchev–Trinajstić information content (AvgIpc) is 3.28. The number of ether oxygens (including phenoxy) is 2. The lowest BCUT2D eigenvalue weighted by Crippen LogP contribution is -2.36. The number of nitriles is 1. The molecule has 7 nitrogen and oxygen atoms in total. The fourth-order valence-electron chi connectivity index (χ4n) is 3.21. The summed E-state index contributed by atoms with van der Waals surface area (Å²) >= 11 is 0. The molecule has 0 spiro atoms. The zero-order valence-corrected chi connectivity index (χ0v) is 16.3. The Hall–Kier alpha value is -3.76. The van der Waals surface area contributed by atoms with Crippen LogP contribution >= 0.6 is 0 Å². The van der Waals surface area contributed by atoms with Crippen molar-refractivity contribution < 1.29 is 18.7 Å². The molecule has 1 aliphatic heterocycles. The maximum Gasteiger partial charge on any atom is 0.291 e. The summed E-state index contributed by atoms with van der Waals surface area (Å²) in [5, 5.41) is 12.0. The molecule has 30 heavy (non-hydrogen) atoms. The summed E-state index contributed by atoms with van der Waals surface area (Å²) in [5.41, 5.74) is 2.18. The number of benzene rings is 2. The Morgan fingerprint density at radius 2 is 1.93 bits per heavy atom. The molecular formula is C23H21N3O4. The Balaban J connectivity index is 1.38. The topological polar surface area (TPSA) is 87.7 Å². The summed E-state index contributed by atoms with van der Waals surface area (Å²) < 4.78 is 16.6. The number of rotatable bonds is 6. The molecule has 7 heteroatoms. The van der Waals surface area contributed by atoms with Crippen molar-refractivity contribution in [2.45, 2.75) is 6.61 Å². The van der Waals surface area contributed by atoms with Crippen LogP contribution in [-0.2, 0) is 11.3 Å². The minimum Gasteiger partial charge on any atom is -0.484 e. The van der Waals surface area contributed by atoms with E-state index in [9.17, 15) is 4.79 Å². The summed E-state index contributed by atoms with van der Waals surface area (Å²) in [6, 6.07) is 20.1. The lowest BCUT2D eigenvalue weighted by atomic mass is 10.2. The van der Waals surface area contributed by atoms with Gasteiger partial charge in [0.05, 0.1) is 18.8 Å². The molecule has 0 aliphatic carbocycles. The highest BCUT2D eigenvalue weighted by Crippen LogP contribution is 2.22. The van der Waals surface area contributed by atoms with E-state index in [1.54, 1.807) is 36.4 Å². The second-order valence-electron chi connectivity index (χ2n) is 6.77. The van der Waals surface area contributed by atoms with Gasteiger partial charge < -0.3 is 24.1 Å². The van der Waals surface area contributed by atoms with Crippen LogP contribution in [0.1, 0.15) is 21.9 Å². The molecule has 0 unspecified atom stereocenters. The standard InChI is InChI=1S/C23H21N3O4/c24-15-17-4-1-2-7-21(17)29-16-20-8-9-22(30-20)23(27)25-18-5-3-6-19(14-18)26-10-12-28-13-11-26/h1-9,14H,10-13,16H2,(H,25,27). The van der Waals surface area contributed by atoms with Gasteiger partial charge in [0.25, 0.3) is 5.91 Å². The Kier molecular flexibility index (Phi) is 5.97. The van der Waals surface area contributed by atoms with Crippen LogP contribution in [0.5, 0.6) is 5.75 Å². The Morgan fingerprint density at radius 3 is 2.77 bits per heavy atom. The Labute approximate surface area is 174 Å². The van der Waals surface area contributed by atoms with E-state index in [-0.39, 0.29) is 18.3 Å². The number of amides is 1. The van der Waals surface area contributed by atoms with Gasteiger partial charge in [-0.15, -0.1) is 0 Å². The van der Waals surface area contributed by atoms with Gasteiger partial charge in [0, 0.05) is 24.5 Å². The average molecular weight is 403 g/mol. The monoisotopic (exact) mass is 403 g/mol. The first-order valence-corrected chi connectivity index (χ1v) is 9.68. The quantitative estimate of drug-likeness (QED) is 0.673. The molecule has 2 heterocycles. The maximum absolute atomic E-state index is 12.6. The van der Waals surface area contributed by atoms with E-state index < -0.39 is 0 Å². The number of morpholine rings is 1. The van der Waals surface area contributed by atoms with Gasteiger partial charge in [-0.25, -0.2) is 0 Å². The van der Waals surface area contributed by atoms with E-state index in [1.807, 2.05) is 24.3 Å². The van der Waals surface area contributed by atoms with Crippen LogP contribution < -0.4 is 15.0 Å². The summed E-state index contributed by atoms with van der Waals surface area (Å²) in [7, 11) is 0. The molecule has 0 bridgehead atoms. The second kappa shape index (κ2) is 9.16. The van der Waals surface area contributed by atoms with Crippen LogP contribution in [0.25, 0.3) is 0 Å². The largest absolute Gasteiger partial charge is 0.484 e. The van der Waals surface area contributed by atoms with E-state index in [0.29, 0.717) is 36.0 Å². The molecule has 4 rings (SSSR count). The predicted octanol–water partition coefficient (Wildman–Crippen LogP) is 3.82. The van der Waals surface area contributed by atoms with Gasteiger partial charge in [0.15, 0.2) is 5.76 Å². The smallest absolute Gasteiger partial charge is 0.291 e. The molecule has 1 fully saturated rings. The first-order chi connectivity index (χ1) is 14.7. The number of nitrogens with zero attached hydrogens (tertiary/aromatic N) is 2. The van der Waals surface area contributed by atoms with Crippen LogP contribution in [0.2, 0.25) is 0 Å². The van der Waals surface area contributed by atoms with E-state index in [4.69, 9.17) is 19.2 Å². The normalized spacial score (nSPS) is 13.5. The maximum atomic E-state index is 12.6. The number of nitrogens with one attached hydrogen (secondary N) is 1. The van der Waals surface area contributed by atoms with E-state index in [1.165, 1.54) is 0 Å². The lowest BCUT2D eigenvalue weighted by Gasteiger charge is -2.29. The third kappa shape index (κ3) is 4.62. The molecule has 1 N–H and O–H groups in total. The zero-order chi connectivity index (χ0) is 20.8.